The van der Waals surface area contributed by atoms with Crippen LogP contribution in [-0.4, -0.2) is 53.1 Å². The molecule has 0 aromatic carbocycles. The number of rotatable bonds is 6. The van der Waals surface area contributed by atoms with Crippen LogP contribution >= 0.6 is 0 Å². The fourth-order valence-corrected chi connectivity index (χ4v) is 3.29. The molecule has 118 valence electrons. The van der Waals surface area contributed by atoms with Crippen LogP contribution in [-0.2, 0) is 17.8 Å². The Bertz CT molecular complexity index is 481. The largest absolute Gasteiger partial charge is 0.374 e. The van der Waals surface area contributed by atoms with Crippen molar-refractivity contribution < 1.29 is 4.74 Å². The molecule has 2 aliphatic rings. The number of ether oxygens (including phenoxy) is 1. The molecule has 0 spiro atoms. The molecule has 1 aliphatic heterocycles. The van der Waals surface area contributed by atoms with Crippen LogP contribution in [0.2, 0.25) is 0 Å². The van der Waals surface area contributed by atoms with Gasteiger partial charge in [0.15, 0.2) is 0 Å². The highest BCUT2D eigenvalue weighted by atomic mass is 16.5. The highest BCUT2D eigenvalue weighted by Crippen LogP contribution is 2.28. The summed E-state index contributed by atoms with van der Waals surface area (Å²) in [6.07, 6.45) is 3.10. The molecule has 2 heterocycles. The molecule has 1 saturated heterocycles. The predicted octanol–water partition coefficient (Wildman–Crippen LogP) is 1.47. The van der Waals surface area contributed by atoms with E-state index in [4.69, 9.17) is 4.74 Å². The number of nitrogens with one attached hydrogen (secondary N) is 1. The monoisotopic (exact) mass is 292 g/mol. The molecule has 1 aromatic heterocycles. The molecule has 0 bridgehead atoms. The van der Waals surface area contributed by atoms with Crippen LogP contribution in [0.3, 0.4) is 0 Å². The second-order valence-corrected chi connectivity index (χ2v) is 6.31. The molecule has 5 nitrogen and oxygen atoms in total. The van der Waals surface area contributed by atoms with Gasteiger partial charge in [-0.15, -0.1) is 0 Å². The normalized spacial score (nSPS) is 23.7. The zero-order valence-electron chi connectivity index (χ0n) is 13.6. The van der Waals surface area contributed by atoms with E-state index >= 15 is 0 Å². The predicted molar refractivity (Wildman–Crippen MR) is 83.4 cm³/mol. The van der Waals surface area contributed by atoms with E-state index in [-0.39, 0.29) is 0 Å². The fourth-order valence-electron chi connectivity index (χ4n) is 3.29. The zero-order valence-corrected chi connectivity index (χ0v) is 13.6. The van der Waals surface area contributed by atoms with Gasteiger partial charge < -0.3 is 10.1 Å². The molecule has 0 unspecified atom stereocenters. The average Bonchev–Trinajstić information content (AvgIpc) is 3.29. The van der Waals surface area contributed by atoms with Crippen molar-refractivity contribution >= 4 is 0 Å². The van der Waals surface area contributed by atoms with Gasteiger partial charge in [-0.2, -0.15) is 5.10 Å². The summed E-state index contributed by atoms with van der Waals surface area (Å²) in [7, 11) is 0. The summed E-state index contributed by atoms with van der Waals surface area (Å²) < 4.78 is 7.97. The molecule has 1 aliphatic carbocycles. The van der Waals surface area contributed by atoms with E-state index in [9.17, 15) is 0 Å². The molecule has 0 amide bonds. The van der Waals surface area contributed by atoms with Crippen molar-refractivity contribution in [3.05, 3.63) is 17.0 Å². The van der Waals surface area contributed by atoms with Gasteiger partial charge in [0.2, 0.25) is 0 Å². The van der Waals surface area contributed by atoms with Gasteiger partial charge in [-0.25, -0.2) is 0 Å². The van der Waals surface area contributed by atoms with Crippen LogP contribution in [0.1, 0.15) is 36.7 Å². The molecule has 2 fully saturated rings. The molecule has 3 rings (SSSR count). The first-order chi connectivity index (χ1) is 10.2. The number of aryl methyl sites for hydroxylation is 2. The number of hydrogen-bond acceptors (Lipinski definition) is 4. The lowest BCUT2D eigenvalue weighted by molar-refractivity contribution is -0.0301. The van der Waals surface area contributed by atoms with Crippen LogP contribution in [0.5, 0.6) is 0 Å². The summed E-state index contributed by atoms with van der Waals surface area (Å²) in [6.45, 7) is 12.2. The Kier molecular flexibility index (Phi) is 4.62. The van der Waals surface area contributed by atoms with Crippen molar-refractivity contribution in [3.8, 4) is 0 Å². The molecule has 1 atom stereocenters. The van der Waals surface area contributed by atoms with Gasteiger partial charge in [0.1, 0.15) is 0 Å². The van der Waals surface area contributed by atoms with E-state index in [1.54, 1.807) is 0 Å². The fraction of sp³-hybridized carbons (Fsp3) is 0.812. The second-order valence-electron chi connectivity index (χ2n) is 6.31. The Hall–Kier alpha value is -0.910. The second kappa shape index (κ2) is 6.46. The molecule has 1 N–H and O–H groups in total. The Morgan fingerprint density at radius 3 is 2.81 bits per heavy atom. The highest BCUT2D eigenvalue weighted by Gasteiger charge is 2.32. The van der Waals surface area contributed by atoms with E-state index in [1.807, 2.05) is 0 Å². The first-order valence-corrected chi connectivity index (χ1v) is 8.28. The number of nitrogens with zero attached hydrogens (tertiary/aromatic N) is 3. The first-order valence-electron chi connectivity index (χ1n) is 8.28. The Morgan fingerprint density at radius 1 is 1.33 bits per heavy atom. The third kappa shape index (κ3) is 3.47. The van der Waals surface area contributed by atoms with E-state index in [2.05, 4.69) is 40.8 Å². The van der Waals surface area contributed by atoms with Crippen LogP contribution in [0.4, 0.5) is 0 Å². The van der Waals surface area contributed by atoms with Crippen LogP contribution in [0.25, 0.3) is 0 Å². The van der Waals surface area contributed by atoms with Gasteiger partial charge in [0.05, 0.1) is 18.4 Å². The van der Waals surface area contributed by atoms with Crippen molar-refractivity contribution in [3.63, 3.8) is 0 Å². The van der Waals surface area contributed by atoms with E-state index in [1.165, 1.54) is 24.1 Å². The van der Waals surface area contributed by atoms with E-state index < -0.39 is 0 Å². The summed E-state index contributed by atoms with van der Waals surface area (Å²) in [4.78, 5) is 2.60. The quantitative estimate of drug-likeness (QED) is 0.862. The number of aromatic nitrogens is 2. The number of morpholine rings is 1. The van der Waals surface area contributed by atoms with Gasteiger partial charge in [0.25, 0.3) is 0 Å². The Morgan fingerprint density at radius 2 is 2.14 bits per heavy atom. The molecule has 1 aromatic rings. The van der Waals surface area contributed by atoms with Crippen LogP contribution < -0.4 is 5.32 Å². The third-order valence-electron chi connectivity index (χ3n) is 4.74. The van der Waals surface area contributed by atoms with Gasteiger partial charge in [-0.1, -0.05) is 0 Å². The minimum atomic E-state index is 0.334. The maximum absolute atomic E-state index is 5.89. The summed E-state index contributed by atoms with van der Waals surface area (Å²) in [6, 6.07) is 0.851. The van der Waals surface area contributed by atoms with Crippen LogP contribution in [0, 0.1) is 13.8 Å². The molecular weight excluding hydrogens is 264 g/mol. The number of hydrogen-bond donors (Lipinski definition) is 1. The van der Waals surface area contributed by atoms with Gasteiger partial charge in [0, 0.05) is 50.0 Å². The third-order valence-corrected chi connectivity index (χ3v) is 4.74. The summed E-state index contributed by atoms with van der Waals surface area (Å²) in [5.41, 5.74) is 3.77. The Labute approximate surface area is 127 Å². The molecular formula is C16H28N4O. The minimum absolute atomic E-state index is 0.334. The highest BCUT2D eigenvalue weighted by molar-refractivity contribution is 5.24. The standard InChI is InChI=1S/C16H28N4O/c1-4-20-13(3)16(12(2)18-20)10-17-9-15-11-19(7-8-21-15)14-5-6-14/h14-15,17H,4-11H2,1-3H3/t15-/m1/s1. The maximum Gasteiger partial charge on any atom is 0.0826 e. The molecule has 21 heavy (non-hydrogen) atoms. The smallest absolute Gasteiger partial charge is 0.0826 e. The average molecular weight is 292 g/mol. The summed E-state index contributed by atoms with van der Waals surface area (Å²) in [5.74, 6) is 0. The topological polar surface area (TPSA) is 42.3 Å². The van der Waals surface area contributed by atoms with Crippen molar-refractivity contribution in [1.29, 1.82) is 0 Å². The maximum atomic E-state index is 5.89. The van der Waals surface area contributed by atoms with Crippen molar-refractivity contribution in [1.82, 2.24) is 20.0 Å². The van der Waals surface area contributed by atoms with Crippen molar-refractivity contribution in [2.45, 2.75) is 58.8 Å². The molecule has 0 radical (unpaired) electrons. The Balaban J connectivity index is 1.48. The van der Waals surface area contributed by atoms with E-state index in [0.29, 0.717) is 6.10 Å². The van der Waals surface area contributed by atoms with Gasteiger partial charge in [-0.05, 0) is 33.6 Å². The lowest BCUT2D eigenvalue weighted by Gasteiger charge is -2.33. The van der Waals surface area contributed by atoms with E-state index in [0.717, 1.165) is 51.1 Å². The lowest BCUT2D eigenvalue weighted by atomic mass is 10.2. The lowest BCUT2D eigenvalue weighted by Crippen LogP contribution is -2.47. The molecule has 1 saturated carbocycles. The SMILES string of the molecule is CCn1nc(C)c(CNC[C@@H]2CN(C3CC3)CCO2)c1C. The van der Waals surface area contributed by atoms with Crippen molar-refractivity contribution in [2.75, 3.05) is 26.2 Å². The zero-order chi connectivity index (χ0) is 14.8. The van der Waals surface area contributed by atoms with Gasteiger partial charge in [-0.3, -0.25) is 9.58 Å². The van der Waals surface area contributed by atoms with Crippen LogP contribution in [0.15, 0.2) is 0 Å². The summed E-state index contributed by atoms with van der Waals surface area (Å²) in [5, 5.41) is 8.14. The minimum Gasteiger partial charge on any atom is -0.374 e. The first kappa shape index (κ1) is 15.0. The van der Waals surface area contributed by atoms with Gasteiger partial charge >= 0.3 is 0 Å². The summed E-state index contributed by atoms with van der Waals surface area (Å²) >= 11 is 0. The molecule has 5 heteroatoms. The van der Waals surface area contributed by atoms with Crippen molar-refractivity contribution in [2.24, 2.45) is 0 Å².